The standard InChI is InChI=1S/C20H24FN5O3/c1-13(23)19(27)24-11-16-12-26(20(28)29-16)15-2-3-18(17(21)10-15)25-8-5-14(4-7-22)6-9-25/h2-4,10,13,16H,5-6,8-9,11-12,23H2,1H3,(H,24,27). The zero-order chi connectivity index (χ0) is 21.0. The van der Waals surface area contributed by atoms with Crippen LogP contribution < -0.4 is 20.9 Å². The molecule has 0 aromatic heterocycles. The number of anilines is 2. The third-order valence-corrected chi connectivity index (χ3v) is 5.05. The van der Waals surface area contributed by atoms with Gasteiger partial charge in [-0.15, -0.1) is 0 Å². The smallest absolute Gasteiger partial charge is 0.414 e. The number of hydrogen-bond acceptors (Lipinski definition) is 6. The first-order valence-electron chi connectivity index (χ1n) is 9.52. The van der Waals surface area contributed by atoms with E-state index in [2.05, 4.69) is 5.32 Å². The Kier molecular flexibility index (Phi) is 6.34. The number of ether oxygens (including phenoxy) is 1. The molecular weight excluding hydrogens is 377 g/mol. The molecule has 0 aliphatic carbocycles. The summed E-state index contributed by atoms with van der Waals surface area (Å²) in [5.74, 6) is -0.749. The van der Waals surface area contributed by atoms with Gasteiger partial charge in [-0.3, -0.25) is 9.69 Å². The lowest BCUT2D eigenvalue weighted by Gasteiger charge is -2.30. The van der Waals surface area contributed by atoms with Crippen LogP contribution in [-0.2, 0) is 9.53 Å². The SMILES string of the molecule is CC(N)C(=O)NCC1CN(c2ccc(N3CCC(=CC#N)CC3)c(F)c2)C(=O)O1. The molecule has 9 heteroatoms. The number of benzene rings is 1. The summed E-state index contributed by atoms with van der Waals surface area (Å²) in [7, 11) is 0. The van der Waals surface area contributed by atoms with E-state index in [0.29, 0.717) is 24.5 Å². The van der Waals surface area contributed by atoms with Crippen molar-refractivity contribution in [3.8, 4) is 6.07 Å². The fraction of sp³-hybridized carbons (Fsp3) is 0.450. The topological polar surface area (TPSA) is 112 Å². The predicted molar refractivity (Wildman–Crippen MR) is 106 cm³/mol. The molecule has 3 N–H and O–H groups in total. The minimum absolute atomic E-state index is 0.148. The van der Waals surface area contributed by atoms with Gasteiger partial charge in [0.05, 0.1) is 36.6 Å². The van der Waals surface area contributed by atoms with Gasteiger partial charge in [0.2, 0.25) is 5.91 Å². The fourth-order valence-electron chi connectivity index (χ4n) is 3.40. The quantitative estimate of drug-likeness (QED) is 0.726. The highest BCUT2D eigenvalue weighted by Crippen LogP contribution is 2.30. The van der Waals surface area contributed by atoms with Crippen molar-refractivity contribution < 1.29 is 18.7 Å². The molecule has 0 bridgehead atoms. The maximum atomic E-state index is 14.7. The van der Waals surface area contributed by atoms with E-state index < -0.39 is 24.1 Å². The fourth-order valence-corrected chi connectivity index (χ4v) is 3.40. The normalized spacial score (nSPS) is 20.1. The number of nitrogens with one attached hydrogen (secondary N) is 1. The molecule has 29 heavy (non-hydrogen) atoms. The van der Waals surface area contributed by atoms with E-state index in [4.69, 9.17) is 15.7 Å². The second kappa shape index (κ2) is 8.92. The summed E-state index contributed by atoms with van der Waals surface area (Å²) in [4.78, 5) is 27.0. The number of nitrogens with zero attached hydrogens (tertiary/aromatic N) is 3. The Hall–Kier alpha value is -3.12. The molecule has 2 heterocycles. The maximum Gasteiger partial charge on any atom is 0.414 e. The molecule has 2 aliphatic heterocycles. The van der Waals surface area contributed by atoms with Crippen LogP contribution in [0.25, 0.3) is 0 Å². The van der Waals surface area contributed by atoms with Crippen molar-refractivity contribution in [2.24, 2.45) is 5.73 Å². The van der Waals surface area contributed by atoms with Crippen molar-refractivity contribution in [3.05, 3.63) is 35.7 Å². The Balaban J connectivity index is 1.63. The lowest BCUT2D eigenvalue weighted by atomic mass is 10.0. The van der Waals surface area contributed by atoms with E-state index in [1.165, 1.54) is 11.0 Å². The number of halogens is 1. The van der Waals surface area contributed by atoms with Crippen LogP contribution in [0, 0.1) is 17.1 Å². The first-order valence-corrected chi connectivity index (χ1v) is 9.52. The first-order chi connectivity index (χ1) is 13.9. The Bertz CT molecular complexity index is 854. The molecule has 0 spiro atoms. The zero-order valence-electron chi connectivity index (χ0n) is 16.2. The number of amides is 2. The molecular formula is C20H24FN5O3. The minimum atomic E-state index is -0.647. The summed E-state index contributed by atoms with van der Waals surface area (Å²) in [5, 5.41) is 11.4. The van der Waals surface area contributed by atoms with E-state index >= 15 is 0 Å². The minimum Gasteiger partial charge on any atom is -0.442 e. The average molecular weight is 401 g/mol. The van der Waals surface area contributed by atoms with Gasteiger partial charge in [0.15, 0.2) is 0 Å². The summed E-state index contributed by atoms with van der Waals surface area (Å²) in [6, 6.07) is 6.05. The van der Waals surface area contributed by atoms with E-state index in [1.807, 2.05) is 11.0 Å². The Labute approximate surface area is 168 Å². The molecule has 1 aromatic carbocycles. The molecule has 2 unspecified atom stereocenters. The second-order valence-corrected chi connectivity index (χ2v) is 7.20. The Morgan fingerprint density at radius 2 is 2.21 bits per heavy atom. The van der Waals surface area contributed by atoms with Gasteiger partial charge in [0.25, 0.3) is 0 Å². The van der Waals surface area contributed by atoms with Gasteiger partial charge >= 0.3 is 6.09 Å². The van der Waals surface area contributed by atoms with Crippen LogP contribution >= 0.6 is 0 Å². The number of cyclic esters (lactones) is 1. The average Bonchev–Trinajstić information content (AvgIpc) is 3.07. The molecule has 154 valence electrons. The number of carbonyl (C=O) groups excluding carboxylic acids is 2. The monoisotopic (exact) mass is 401 g/mol. The summed E-state index contributed by atoms with van der Waals surface area (Å²) >= 11 is 0. The van der Waals surface area contributed by atoms with Gasteiger partial charge in [0.1, 0.15) is 11.9 Å². The number of carbonyl (C=O) groups is 2. The predicted octanol–water partition coefficient (Wildman–Crippen LogP) is 1.66. The van der Waals surface area contributed by atoms with Gasteiger partial charge in [-0.1, -0.05) is 5.57 Å². The summed E-state index contributed by atoms with van der Waals surface area (Å²) in [6.07, 6.45) is 1.90. The van der Waals surface area contributed by atoms with Crippen LogP contribution in [0.1, 0.15) is 19.8 Å². The largest absolute Gasteiger partial charge is 0.442 e. The zero-order valence-corrected chi connectivity index (χ0v) is 16.2. The van der Waals surface area contributed by atoms with Gasteiger partial charge in [0, 0.05) is 19.2 Å². The van der Waals surface area contributed by atoms with Crippen molar-refractivity contribution in [2.75, 3.05) is 36.0 Å². The van der Waals surface area contributed by atoms with E-state index in [9.17, 15) is 14.0 Å². The van der Waals surface area contributed by atoms with Gasteiger partial charge in [-0.2, -0.15) is 5.26 Å². The molecule has 2 amide bonds. The lowest BCUT2D eigenvalue weighted by Crippen LogP contribution is -2.42. The van der Waals surface area contributed by atoms with Crippen molar-refractivity contribution >= 4 is 23.4 Å². The summed E-state index contributed by atoms with van der Waals surface area (Å²) in [6.45, 7) is 3.20. The Morgan fingerprint density at radius 3 is 2.83 bits per heavy atom. The van der Waals surface area contributed by atoms with Gasteiger partial charge in [-0.25, -0.2) is 9.18 Å². The van der Waals surface area contributed by atoms with Gasteiger partial charge < -0.3 is 20.7 Å². The van der Waals surface area contributed by atoms with Crippen LogP contribution in [0.15, 0.2) is 29.8 Å². The van der Waals surface area contributed by atoms with Crippen molar-refractivity contribution in [1.82, 2.24) is 5.32 Å². The number of allylic oxidation sites excluding steroid dienone is 1. The van der Waals surface area contributed by atoms with Crippen LogP contribution in [0.4, 0.5) is 20.6 Å². The molecule has 2 saturated heterocycles. The maximum absolute atomic E-state index is 14.7. The van der Waals surface area contributed by atoms with Crippen LogP contribution in [0.3, 0.4) is 0 Å². The first kappa shape index (κ1) is 20.6. The molecule has 0 radical (unpaired) electrons. The highest BCUT2D eigenvalue weighted by Gasteiger charge is 2.33. The second-order valence-electron chi connectivity index (χ2n) is 7.20. The molecule has 2 aliphatic rings. The molecule has 3 rings (SSSR count). The number of nitrogens with two attached hydrogens (primary N) is 1. The number of nitriles is 1. The number of hydrogen-bond donors (Lipinski definition) is 2. The van der Waals surface area contributed by atoms with Crippen LogP contribution in [0.5, 0.6) is 0 Å². The van der Waals surface area contributed by atoms with Crippen LogP contribution in [0.2, 0.25) is 0 Å². The number of rotatable bonds is 5. The molecule has 1 aromatic rings. The highest BCUT2D eigenvalue weighted by atomic mass is 19.1. The van der Waals surface area contributed by atoms with E-state index in [1.54, 1.807) is 25.1 Å². The summed E-state index contributed by atoms with van der Waals surface area (Å²) in [5.41, 5.74) is 7.43. The van der Waals surface area contributed by atoms with E-state index in [-0.39, 0.29) is 19.0 Å². The van der Waals surface area contributed by atoms with Crippen molar-refractivity contribution in [1.29, 1.82) is 5.26 Å². The van der Waals surface area contributed by atoms with Crippen LogP contribution in [-0.4, -0.2) is 50.3 Å². The number of piperidine rings is 1. The van der Waals surface area contributed by atoms with Gasteiger partial charge in [-0.05, 0) is 38.0 Å². The van der Waals surface area contributed by atoms with Crippen molar-refractivity contribution in [2.45, 2.75) is 31.9 Å². The molecule has 2 fully saturated rings. The molecule has 8 nitrogen and oxygen atoms in total. The molecule has 2 atom stereocenters. The Morgan fingerprint density at radius 1 is 1.48 bits per heavy atom. The lowest BCUT2D eigenvalue weighted by molar-refractivity contribution is -0.122. The third-order valence-electron chi connectivity index (χ3n) is 5.05. The van der Waals surface area contributed by atoms with E-state index in [0.717, 1.165) is 18.4 Å². The summed E-state index contributed by atoms with van der Waals surface area (Å²) < 4.78 is 20.0. The van der Waals surface area contributed by atoms with Crippen molar-refractivity contribution in [3.63, 3.8) is 0 Å². The molecule has 0 saturated carbocycles. The third kappa shape index (κ3) is 4.84. The highest BCUT2D eigenvalue weighted by molar-refractivity contribution is 5.90.